The summed E-state index contributed by atoms with van der Waals surface area (Å²) in [6.45, 7) is 1.74. The highest BCUT2D eigenvalue weighted by molar-refractivity contribution is 8.00. The molecular weight excluding hydrogens is 338 g/mol. The highest BCUT2D eigenvalue weighted by atomic mass is 32.2. The van der Waals surface area contributed by atoms with Crippen LogP contribution in [0.15, 0.2) is 63.1 Å². The first kappa shape index (κ1) is 16.7. The fourth-order valence-electron chi connectivity index (χ4n) is 2.26. The van der Waals surface area contributed by atoms with E-state index in [-0.39, 0.29) is 22.2 Å². The van der Waals surface area contributed by atoms with Crippen molar-refractivity contribution < 1.29 is 9.21 Å². The Morgan fingerprint density at radius 1 is 1.28 bits per heavy atom. The molecule has 3 aromatic rings. The summed E-state index contributed by atoms with van der Waals surface area (Å²) in [5.74, 6) is 0.253. The van der Waals surface area contributed by atoms with E-state index in [0.29, 0.717) is 11.3 Å². The Morgan fingerprint density at radius 3 is 2.68 bits per heavy atom. The zero-order chi connectivity index (χ0) is 17.8. The highest BCUT2D eigenvalue weighted by Gasteiger charge is 2.20. The molecule has 7 heteroatoms. The van der Waals surface area contributed by atoms with E-state index in [4.69, 9.17) is 4.42 Å². The summed E-state index contributed by atoms with van der Waals surface area (Å²) in [6, 6.07) is 14.0. The van der Waals surface area contributed by atoms with Crippen LogP contribution in [-0.4, -0.2) is 21.0 Å². The van der Waals surface area contributed by atoms with E-state index in [2.05, 4.69) is 9.97 Å². The lowest BCUT2D eigenvalue weighted by atomic mass is 10.1. The Kier molecular flexibility index (Phi) is 4.82. The number of H-pyrrole nitrogens is 1. The number of nitrogens with zero attached hydrogens (tertiary/aromatic N) is 2. The lowest BCUT2D eigenvalue weighted by Crippen LogP contribution is -2.18. The summed E-state index contributed by atoms with van der Waals surface area (Å²) in [4.78, 5) is 31.5. The summed E-state index contributed by atoms with van der Waals surface area (Å²) in [5.41, 5.74) is 0.0648. The van der Waals surface area contributed by atoms with Crippen molar-refractivity contribution in [3.05, 3.63) is 70.2 Å². The summed E-state index contributed by atoms with van der Waals surface area (Å²) < 4.78 is 5.25. The molecule has 0 unspecified atom stereocenters. The molecule has 25 heavy (non-hydrogen) atoms. The standard InChI is InChI=1S/C18H13N3O3S/c1-11(16(22)12-6-3-2-4-7-12)25-18-20-15(14-8-5-9-24-14)13(10-19)17(23)21-18/h2-9,11H,1H3,(H,20,21,23)/t11-/m1/s1. The van der Waals surface area contributed by atoms with Crippen LogP contribution in [0.5, 0.6) is 0 Å². The number of furan rings is 1. The van der Waals surface area contributed by atoms with Gasteiger partial charge in [0.2, 0.25) is 0 Å². The van der Waals surface area contributed by atoms with Crippen LogP contribution < -0.4 is 5.56 Å². The Bertz CT molecular complexity index is 989. The maximum absolute atomic E-state index is 12.5. The van der Waals surface area contributed by atoms with Crippen LogP contribution in [0.25, 0.3) is 11.5 Å². The van der Waals surface area contributed by atoms with E-state index in [1.54, 1.807) is 43.3 Å². The fraction of sp³-hybridized carbons (Fsp3) is 0.111. The molecule has 0 spiro atoms. The number of ketones is 1. The number of nitriles is 1. The van der Waals surface area contributed by atoms with Crippen molar-refractivity contribution >= 4 is 17.5 Å². The minimum Gasteiger partial charge on any atom is -0.463 e. The van der Waals surface area contributed by atoms with E-state index in [1.807, 2.05) is 12.1 Å². The summed E-state index contributed by atoms with van der Waals surface area (Å²) in [7, 11) is 0. The van der Waals surface area contributed by atoms with E-state index in [9.17, 15) is 14.9 Å². The average molecular weight is 351 g/mol. The van der Waals surface area contributed by atoms with Gasteiger partial charge in [0.15, 0.2) is 16.7 Å². The normalized spacial score (nSPS) is 11.7. The van der Waals surface area contributed by atoms with Crippen LogP contribution >= 0.6 is 11.8 Å². The molecule has 0 bridgehead atoms. The molecule has 1 aromatic carbocycles. The molecule has 1 N–H and O–H groups in total. The van der Waals surface area contributed by atoms with Gasteiger partial charge in [-0.3, -0.25) is 9.59 Å². The second-order valence-electron chi connectivity index (χ2n) is 5.17. The van der Waals surface area contributed by atoms with Crippen LogP contribution in [-0.2, 0) is 0 Å². The quantitative estimate of drug-likeness (QED) is 0.430. The number of benzene rings is 1. The monoisotopic (exact) mass is 351 g/mol. The third-order valence-electron chi connectivity index (χ3n) is 3.48. The van der Waals surface area contributed by atoms with Crippen molar-refractivity contribution in [3.63, 3.8) is 0 Å². The number of carbonyl (C=O) groups is 1. The predicted octanol–water partition coefficient (Wildman–Crippen LogP) is 3.27. The molecule has 0 saturated heterocycles. The topological polar surface area (TPSA) is 99.8 Å². The number of aromatic nitrogens is 2. The molecule has 0 fully saturated rings. The van der Waals surface area contributed by atoms with Crippen molar-refractivity contribution in [3.8, 4) is 17.5 Å². The minimum atomic E-state index is -0.564. The number of thioether (sulfide) groups is 1. The first-order valence-corrected chi connectivity index (χ1v) is 8.32. The van der Waals surface area contributed by atoms with E-state index < -0.39 is 10.8 Å². The van der Waals surface area contributed by atoms with E-state index >= 15 is 0 Å². The molecule has 0 aliphatic carbocycles. The minimum absolute atomic E-state index is 0.0721. The highest BCUT2D eigenvalue weighted by Crippen LogP contribution is 2.26. The largest absolute Gasteiger partial charge is 0.463 e. The van der Waals surface area contributed by atoms with Crippen LogP contribution in [0.1, 0.15) is 22.8 Å². The average Bonchev–Trinajstić information content (AvgIpc) is 3.16. The number of rotatable bonds is 5. The summed E-state index contributed by atoms with van der Waals surface area (Å²) in [6.07, 6.45) is 1.44. The Balaban J connectivity index is 1.92. The molecule has 0 aliphatic rings. The van der Waals surface area contributed by atoms with Gasteiger partial charge in [-0.1, -0.05) is 42.1 Å². The molecular formula is C18H13N3O3S. The van der Waals surface area contributed by atoms with Gasteiger partial charge in [-0.15, -0.1) is 0 Å². The maximum Gasteiger partial charge on any atom is 0.270 e. The molecule has 0 aliphatic heterocycles. The van der Waals surface area contributed by atoms with Crippen molar-refractivity contribution in [1.29, 1.82) is 5.26 Å². The molecule has 0 saturated carbocycles. The van der Waals surface area contributed by atoms with Crippen LogP contribution in [0.4, 0.5) is 0 Å². The molecule has 0 radical (unpaired) electrons. The van der Waals surface area contributed by atoms with Crippen LogP contribution in [0.3, 0.4) is 0 Å². The fourth-order valence-corrected chi connectivity index (χ4v) is 3.14. The lowest BCUT2D eigenvalue weighted by molar-refractivity contribution is 0.0994. The molecule has 2 heterocycles. The predicted molar refractivity (Wildman–Crippen MR) is 93.4 cm³/mol. The number of hydrogen-bond acceptors (Lipinski definition) is 6. The molecule has 6 nitrogen and oxygen atoms in total. The molecule has 0 amide bonds. The third-order valence-corrected chi connectivity index (χ3v) is 4.46. The van der Waals surface area contributed by atoms with Crippen LogP contribution in [0, 0.1) is 11.3 Å². The second kappa shape index (κ2) is 7.20. The second-order valence-corrected chi connectivity index (χ2v) is 6.50. The van der Waals surface area contributed by atoms with Gasteiger partial charge in [0.05, 0.1) is 11.5 Å². The van der Waals surface area contributed by atoms with Crippen molar-refractivity contribution in [1.82, 2.24) is 9.97 Å². The van der Waals surface area contributed by atoms with Gasteiger partial charge in [-0.05, 0) is 19.1 Å². The van der Waals surface area contributed by atoms with Gasteiger partial charge in [0.1, 0.15) is 17.3 Å². The number of carbonyl (C=O) groups excluding carboxylic acids is 1. The van der Waals surface area contributed by atoms with Gasteiger partial charge in [-0.25, -0.2) is 4.98 Å². The van der Waals surface area contributed by atoms with E-state index in [1.165, 1.54) is 6.26 Å². The Labute approximate surface area is 147 Å². The molecule has 1 atom stereocenters. The number of aromatic amines is 1. The smallest absolute Gasteiger partial charge is 0.270 e. The van der Waals surface area contributed by atoms with Gasteiger partial charge >= 0.3 is 0 Å². The van der Waals surface area contributed by atoms with Crippen LogP contribution in [0.2, 0.25) is 0 Å². The lowest BCUT2D eigenvalue weighted by Gasteiger charge is -2.10. The van der Waals surface area contributed by atoms with Gasteiger partial charge in [0.25, 0.3) is 5.56 Å². The molecule has 3 rings (SSSR count). The summed E-state index contributed by atoms with van der Waals surface area (Å²) in [5, 5.41) is 9.00. The SMILES string of the molecule is C[C@@H](Sc1nc(-c2ccco2)c(C#N)c(=O)[nH]1)C(=O)c1ccccc1. The summed E-state index contributed by atoms with van der Waals surface area (Å²) >= 11 is 1.12. The number of nitrogens with one attached hydrogen (secondary N) is 1. The third kappa shape index (κ3) is 3.54. The Morgan fingerprint density at radius 2 is 2.04 bits per heavy atom. The zero-order valence-electron chi connectivity index (χ0n) is 13.2. The number of Topliss-reactive ketones (excluding diaryl/α,β-unsaturated/α-hetero) is 1. The maximum atomic E-state index is 12.5. The van der Waals surface area contributed by atoms with Crippen molar-refractivity contribution in [2.45, 2.75) is 17.3 Å². The zero-order valence-corrected chi connectivity index (χ0v) is 14.0. The van der Waals surface area contributed by atoms with Crippen molar-refractivity contribution in [2.24, 2.45) is 0 Å². The van der Waals surface area contributed by atoms with Crippen molar-refractivity contribution in [2.75, 3.05) is 0 Å². The molecule has 124 valence electrons. The molecule has 2 aromatic heterocycles. The first-order chi connectivity index (χ1) is 12.1. The van der Waals surface area contributed by atoms with Gasteiger partial charge < -0.3 is 9.40 Å². The van der Waals surface area contributed by atoms with Gasteiger partial charge in [-0.2, -0.15) is 5.26 Å². The van der Waals surface area contributed by atoms with E-state index in [0.717, 1.165) is 11.8 Å². The van der Waals surface area contributed by atoms with Gasteiger partial charge in [0, 0.05) is 5.56 Å². The number of hydrogen-bond donors (Lipinski definition) is 1. The Hall–Kier alpha value is -3.11. The first-order valence-electron chi connectivity index (χ1n) is 7.44.